The Kier molecular flexibility index (Phi) is 6.68. The van der Waals surface area contributed by atoms with Gasteiger partial charge in [0.2, 0.25) is 0 Å². The third-order valence-electron chi connectivity index (χ3n) is 3.98. The number of methoxy groups -OCH3 is 1. The van der Waals surface area contributed by atoms with Gasteiger partial charge in [0.25, 0.3) is 11.8 Å². The maximum Gasteiger partial charge on any atom is 0.325 e. The van der Waals surface area contributed by atoms with Gasteiger partial charge >= 0.3 is 6.03 Å². The predicted molar refractivity (Wildman–Crippen MR) is 96.6 cm³/mol. The Morgan fingerprint density at radius 1 is 1.50 bits per heavy atom. The topological polar surface area (TPSA) is 118 Å². The number of ether oxygens (including phenoxy) is 1. The maximum absolute atomic E-state index is 12.9. The van der Waals surface area contributed by atoms with Crippen LogP contribution in [-0.2, 0) is 9.53 Å². The lowest BCUT2D eigenvalue weighted by Crippen LogP contribution is -2.71. The van der Waals surface area contributed by atoms with Gasteiger partial charge in [-0.2, -0.15) is 0 Å². The summed E-state index contributed by atoms with van der Waals surface area (Å²) < 4.78 is 5.07. The first-order valence-corrected chi connectivity index (χ1v) is 9.23. The first-order valence-electron chi connectivity index (χ1n) is 8.35. The van der Waals surface area contributed by atoms with Gasteiger partial charge in [0, 0.05) is 25.6 Å². The van der Waals surface area contributed by atoms with Crippen molar-refractivity contribution < 1.29 is 19.1 Å². The molecule has 1 saturated heterocycles. The number of nitrogens with zero attached hydrogens (tertiary/aromatic N) is 3. The molecule has 0 saturated carbocycles. The minimum absolute atomic E-state index is 0.154. The number of amides is 4. The van der Waals surface area contributed by atoms with Gasteiger partial charge in [-0.15, -0.1) is 11.3 Å². The molecule has 1 aromatic rings. The van der Waals surface area contributed by atoms with E-state index in [-0.39, 0.29) is 24.8 Å². The van der Waals surface area contributed by atoms with Crippen molar-refractivity contribution in [1.82, 2.24) is 20.1 Å². The number of imide groups is 1. The van der Waals surface area contributed by atoms with E-state index in [0.717, 1.165) is 5.01 Å². The standard InChI is InChI=1S/C16H25N5O4S/c1-9(2)7-21-13(17)12(14(22)19-16(21)24)20(5-6-25-4)15(23)11-8-26-10(3)18-11/h8-9,12-13H,5-7,17H2,1-4H3,(H,19,22,24). The van der Waals surface area contributed by atoms with Gasteiger partial charge < -0.3 is 20.3 Å². The summed E-state index contributed by atoms with van der Waals surface area (Å²) >= 11 is 1.35. The van der Waals surface area contributed by atoms with E-state index in [1.807, 2.05) is 13.8 Å². The predicted octanol–water partition coefficient (Wildman–Crippen LogP) is 0.401. The number of nitrogens with two attached hydrogens (primary N) is 1. The minimum Gasteiger partial charge on any atom is -0.383 e. The summed E-state index contributed by atoms with van der Waals surface area (Å²) in [6, 6.07) is -1.56. The van der Waals surface area contributed by atoms with Gasteiger partial charge in [-0.3, -0.25) is 14.9 Å². The van der Waals surface area contributed by atoms with Crippen molar-refractivity contribution in [2.24, 2.45) is 11.7 Å². The average Bonchev–Trinajstić information content (AvgIpc) is 3.00. The zero-order valence-corrected chi connectivity index (χ0v) is 16.2. The number of urea groups is 1. The average molecular weight is 383 g/mol. The van der Waals surface area contributed by atoms with E-state index in [4.69, 9.17) is 10.5 Å². The lowest BCUT2D eigenvalue weighted by atomic mass is 10.1. The van der Waals surface area contributed by atoms with Crippen LogP contribution in [-0.4, -0.2) is 71.6 Å². The summed E-state index contributed by atoms with van der Waals surface area (Å²) in [4.78, 5) is 44.5. The fraction of sp³-hybridized carbons (Fsp3) is 0.625. The molecule has 0 radical (unpaired) electrons. The molecular formula is C16H25N5O4S. The van der Waals surface area contributed by atoms with Gasteiger partial charge in [-0.1, -0.05) is 13.8 Å². The molecule has 1 aliphatic heterocycles. The number of nitrogens with one attached hydrogen (secondary N) is 1. The van der Waals surface area contributed by atoms with Crippen LogP contribution in [0.25, 0.3) is 0 Å². The smallest absolute Gasteiger partial charge is 0.325 e. The molecule has 0 bridgehead atoms. The van der Waals surface area contributed by atoms with Crippen molar-refractivity contribution in [3.05, 3.63) is 16.1 Å². The highest BCUT2D eigenvalue weighted by molar-refractivity contribution is 7.09. The van der Waals surface area contributed by atoms with Gasteiger partial charge in [0.05, 0.1) is 11.6 Å². The van der Waals surface area contributed by atoms with Crippen LogP contribution in [0.1, 0.15) is 29.3 Å². The second-order valence-electron chi connectivity index (χ2n) is 6.52. The second-order valence-corrected chi connectivity index (χ2v) is 7.58. The highest BCUT2D eigenvalue weighted by Crippen LogP contribution is 2.19. The summed E-state index contributed by atoms with van der Waals surface area (Å²) in [6.07, 6.45) is -0.945. The Bertz CT molecular complexity index is 677. The minimum atomic E-state index is -1.02. The molecule has 2 heterocycles. The van der Waals surface area contributed by atoms with Crippen molar-refractivity contribution in [1.29, 1.82) is 0 Å². The Labute approximate surface area is 156 Å². The third kappa shape index (κ3) is 4.37. The molecule has 2 rings (SSSR count). The normalized spacial score (nSPS) is 20.5. The second kappa shape index (κ2) is 8.56. The number of aryl methyl sites for hydroxylation is 1. The number of rotatable bonds is 7. The summed E-state index contributed by atoms with van der Waals surface area (Å²) in [5.74, 6) is -0.857. The number of aromatic nitrogens is 1. The zero-order valence-electron chi connectivity index (χ0n) is 15.4. The van der Waals surface area contributed by atoms with Gasteiger partial charge in [0.1, 0.15) is 17.9 Å². The van der Waals surface area contributed by atoms with E-state index in [0.29, 0.717) is 6.54 Å². The van der Waals surface area contributed by atoms with Crippen LogP contribution in [0.3, 0.4) is 0 Å². The molecule has 1 aromatic heterocycles. The molecule has 4 amide bonds. The Balaban J connectivity index is 2.33. The number of thiazole rings is 1. The van der Waals surface area contributed by atoms with Crippen molar-refractivity contribution >= 4 is 29.2 Å². The largest absolute Gasteiger partial charge is 0.383 e. The molecule has 0 aliphatic carbocycles. The van der Waals surface area contributed by atoms with Gasteiger partial charge in [-0.25, -0.2) is 9.78 Å². The van der Waals surface area contributed by atoms with Crippen LogP contribution in [0.4, 0.5) is 4.79 Å². The van der Waals surface area contributed by atoms with E-state index >= 15 is 0 Å². The lowest BCUT2D eigenvalue weighted by Gasteiger charge is -2.43. The summed E-state index contributed by atoms with van der Waals surface area (Å²) in [5.41, 5.74) is 6.48. The van der Waals surface area contributed by atoms with Gasteiger partial charge in [0.15, 0.2) is 0 Å². The Morgan fingerprint density at radius 2 is 2.19 bits per heavy atom. The quantitative estimate of drug-likeness (QED) is 0.704. The molecule has 26 heavy (non-hydrogen) atoms. The number of carbonyl (C=O) groups is 3. The molecule has 2 atom stereocenters. The molecule has 0 spiro atoms. The van der Waals surface area contributed by atoms with E-state index in [1.54, 1.807) is 12.3 Å². The molecule has 144 valence electrons. The van der Waals surface area contributed by atoms with Crippen LogP contribution in [0.2, 0.25) is 0 Å². The Morgan fingerprint density at radius 3 is 2.73 bits per heavy atom. The molecule has 1 aliphatic rings. The monoisotopic (exact) mass is 383 g/mol. The molecule has 9 nitrogen and oxygen atoms in total. The van der Waals surface area contributed by atoms with E-state index < -0.39 is 30.1 Å². The third-order valence-corrected chi connectivity index (χ3v) is 4.75. The highest BCUT2D eigenvalue weighted by atomic mass is 32.1. The number of hydrogen-bond donors (Lipinski definition) is 2. The summed E-state index contributed by atoms with van der Waals surface area (Å²) in [6.45, 7) is 6.43. The van der Waals surface area contributed by atoms with Crippen LogP contribution < -0.4 is 11.1 Å². The SMILES string of the molecule is COCCN(C(=O)c1csc(C)n1)C1C(=O)NC(=O)N(CC(C)C)C1N. The van der Waals surface area contributed by atoms with Gasteiger partial charge in [-0.05, 0) is 12.8 Å². The summed E-state index contributed by atoms with van der Waals surface area (Å²) in [5, 5.41) is 4.68. The van der Waals surface area contributed by atoms with Crippen molar-refractivity contribution in [2.45, 2.75) is 33.0 Å². The summed E-state index contributed by atoms with van der Waals surface area (Å²) in [7, 11) is 1.51. The number of hydrogen-bond acceptors (Lipinski definition) is 7. The molecule has 2 unspecified atom stereocenters. The van der Waals surface area contributed by atoms with Crippen LogP contribution in [0, 0.1) is 12.8 Å². The first kappa shape index (κ1) is 20.3. The molecular weight excluding hydrogens is 358 g/mol. The molecule has 3 N–H and O–H groups in total. The van der Waals surface area contributed by atoms with Crippen molar-refractivity contribution in [2.75, 3.05) is 26.8 Å². The zero-order chi connectivity index (χ0) is 19.4. The van der Waals surface area contributed by atoms with E-state index in [9.17, 15) is 14.4 Å². The Hall–Kier alpha value is -2.04. The molecule has 10 heteroatoms. The lowest BCUT2D eigenvalue weighted by molar-refractivity contribution is -0.129. The van der Waals surface area contributed by atoms with E-state index in [2.05, 4.69) is 10.3 Å². The van der Waals surface area contributed by atoms with Crippen molar-refractivity contribution in [3.63, 3.8) is 0 Å². The van der Waals surface area contributed by atoms with Crippen LogP contribution in [0.15, 0.2) is 5.38 Å². The highest BCUT2D eigenvalue weighted by Gasteiger charge is 2.44. The first-order chi connectivity index (χ1) is 12.3. The van der Waals surface area contributed by atoms with Crippen LogP contribution >= 0.6 is 11.3 Å². The maximum atomic E-state index is 12.9. The van der Waals surface area contributed by atoms with E-state index in [1.165, 1.54) is 28.2 Å². The number of carbonyl (C=O) groups excluding carboxylic acids is 3. The fourth-order valence-corrected chi connectivity index (χ4v) is 3.39. The van der Waals surface area contributed by atoms with Crippen LogP contribution in [0.5, 0.6) is 0 Å². The fourth-order valence-electron chi connectivity index (χ4n) is 2.80. The molecule has 1 fully saturated rings. The molecule has 0 aromatic carbocycles. The van der Waals surface area contributed by atoms with Crippen molar-refractivity contribution in [3.8, 4) is 0 Å².